The molecule has 2 aromatic carbocycles. The largest absolute Gasteiger partial charge is 0.490 e. The fourth-order valence-corrected chi connectivity index (χ4v) is 3.35. The maximum Gasteiger partial charge on any atom is 0.387 e. The number of amides is 1. The van der Waals surface area contributed by atoms with E-state index in [2.05, 4.69) is 4.74 Å². The lowest BCUT2D eigenvalue weighted by atomic mass is 10.1. The van der Waals surface area contributed by atoms with Gasteiger partial charge >= 0.3 is 6.61 Å². The highest BCUT2D eigenvalue weighted by Crippen LogP contribution is 2.35. The summed E-state index contributed by atoms with van der Waals surface area (Å²) in [5.74, 6) is -0.475. The molecule has 0 N–H and O–H groups in total. The quantitative estimate of drug-likeness (QED) is 0.497. The summed E-state index contributed by atoms with van der Waals surface area (Å²) in [6.45, 7) is 0.864. The van der Waals surface area contributed by atoms with Crippen LogP contribution >= 0.6 is 0 Å². The van der Waals surface area contributed by atoms with Gasteiger partial charge in [-0.15, -0.1) is 0 Å². The molecule has 0 aliphatic heterocycles. The van der Waals surface area contributed by atoms with E-state index in [0.29, 0.717) is 11.1 Å². The van der Waals surface area contributed by atoms with Gasteiger partial charge in [-0.25, -0.2) is 4.39 Å². The van der Waals surface area contributed by atoms with Crippen molar-refractivity contribution in [2.75, 3.05) is 6.61 Å². The van der Waals surface area contributed by atoms with Gasteiger partial charge in [0.2, 0.25) is 5.91 Å². The average molecular weight is 419 g/mol. The number of rotatable bonds is 9. The predicted octanol–water partition coefficient (Wildman–Crippen LogP) is 5.59. The Bertz CT molecular complexity index is 912. The van der Waals surface area contributed by atoms with Crippen LogP contribution in [-0.2, 0) is 4.79 Å². The summed E-state index contributed by atoms with van der Waals surface area (Å²) < 4.78 is 49.1. The van der Waals surface area contributed by atoms with Crippen LogP contribution in [0.4, 0.5) is 13.2 Å². The standard InChI is InChI=1S/C23H24F3NO3/c1-3-29-21-14-16(8-12-20(21)30-23(25)26)9-13-22(28)27(17-10-11-17)15(2)18-6-4-5-7-19(18)24/h4-9,12-15,17,23H,3,10-11H2,1-2H3. The van der Waals surface area contributed by atoms with E-state index in [1.807, 2.05) is 6.92 Å². The van der Waals surface area contributed by atoms with Crippen molar-refractivity contribution in [3.05, 3.63) is 65.5 Å². The van der Waals surface area contributed by atoms with Crippen molar-refractivity contribution in [3.63, 3.8) is 0 Å². The van der Waals surface area contributed by atoms with Crippen LogP contribution < -0.4 is 9.47 Å². The third-order valence-corrected chi connectivity index (χ3v) is 4.87. The van der Waals surface area contributed by atoms with Crippen LogP contribution in [0.25, 0.3) is 6.08 Å². The van der Waals surface area contributed by atoms with Gasteiger partial charge in [-0.2, -0.15) is 8.78 Å². The van der Waals surface area contributed by atoms with Crippen LogP contribution in [0.1, 0.15) is 43.9 Å². The first-order chi connectivity index (χ1) is 14.4. The molecule has 1 saturated carbocycles. The second kappa shape index (κ2) is 9.69. The second-order valence-corrected chi connectivity index (χ2v) is 7.03. The summed E-state index contributed by atoms with van der Waals surface area (Å²) in [7, 11) is 0. The monoisotopic (exact) mass is 419 g/mol. The number of halogens is 3. The zero-order valence-corrected chi connectivity index (χ0v) is 16.9. The SMILES string of the molecule is CCOc1cc(C=CC(=O)N(C2CC2)C(C)c2ccccc2F)ccc1OC(F)F. The molecular formula is C23H24F3NO3. The summed E-state index contributed by atoms with van der Waals surface area (Å²) in [6, 6.07) is 10.6. The molecule has 0 heterocycles. The third-order valence-electron chi connectivity index (χ3n) is 4.87. The van der Waals surface area contributed by atoms with Crippen LogP contribution in [0.5, 0.6) is 11.5 Å². The van der Waals surface area contributed by atoms with E-state index in [1.165, 1.54) is 24.3 Å². The zero-order chi connectivity index (χ0) is 21.7. The number of hydrogen-bond donors (Lipinski definition) is 0. The summed E-state index contributed by atoms with van der Waals surface area (Å²) in [6.07, 6.45) is 4.76. The maximum atomic E-state index is 14.2. The average Bonchev–Trinajstić information content (AvgIpc) is 3.53. The van der Waals surface area contributed by atoms with Crippen molar-refractivity contribution in [1.29, 1.82) is 0 Å². The minimum Gasteiger partial charge on any atom is -0.490 e. The van der Waals surface area contributed by atoms with Gasteiger partial charge in [0.1, 0.15) is 5.82 Å². The lowest BCUT2D eigenvalue weighted by Crippen LogP contribution is -2.34. The second-order valence-electron chi connectivity index (χ2n) is 7.03. The molecule has 7 heteroatoms. The number of carbonyl (C=O) groups is 1. The molecule has 30 heavy (non-hydrogen) atoms. The molecule has 4 nitrogen and oxygen atoms in total. The van der Waals surface area contributed by atoms with Gasteiger partial charge in [0, 0.05) is 17.7 Å². The Morgan fingerprint density at radius 3 is 2.57 bits per heavy atom. The zero-order valence-electron chi connectivity index (χ0n) is 16.9. The number of nitrogens with zero attached hydrogens (tertiary/aromatic N) is 1. The molecular weight excluding hydrogens is 395 g/mol. The molecule has 1 aliphatic rings. The van der Waals surface area contributed by atoms with Crippen molar-refractivity contribution in [1.82, 2.24) is 4.90 Å². The molecule has 0 aromatic heterocycles. The van der Waals surface area contributed by atoms with E-state index in [0.717, 1.165) is 12.8 Å². The molecule has 1 fully saturated rings. The van der Waals surface area contributed by atoms with Gasteiger partial charge in [-0.1, -0.05) is 24.3 Å². The molecule has 2 aromatic rings. The fraction of sp³-hybridized carbons (Fsp3) is 0.348. The summed E-state index contributed by atoms with van der Waals surface area (Å²) in [4.78, 5) is 14.6. The van der Waals surface area contributed by atoms with Gasteiger partial charge in [0.25, 0.3) is 0 Å². The van der Waals surface area contributed by atoms with E-state index < -0.39 is 12.7 Å². The van der Waals surface area contributed by atoms with Crippen molar-refractivity contribution < 1.29 is 27.4 Å². The summed E-state index contributed by atoms with van der Waals surface area (Å²) in [5.41, 5.74) is 1.07. The van der Waals surface area contributed by atoms with Gasteiger partial charge in [-0.3, -0.25) is 4.79 Å². The van der Waals surface area contributed by atoms with Gasteiger partial charge in [-0.05, 0) is 56.5 Å². The minimum absolute atomic E-state index is 0.0666. The first-order valence-corrected chi connectivity index (χ1v) is 9.87. The van der Waals surface area contributed by atoms with Crippen LogP contribution in [-0.4, -0.2) is 30.1 Å². The van der Waals surface area contributed by atoms with Crippen molar-refractivity contribution >= 4 is 12.0 Å². The highest BCUT2D eigenvalue weighted by molar-refractivity contribution is 5.92. The fourth-order valence-electron chi connectivity index (χ4n) is 3.35. The Kier molecular flexibility index (Phi) is 7.03. The molecule has 0 bridgehead atoms. The molecule has 0 radical (unpaired) electrons. The van der Waals surface area contributed by atoms with E-state index in [4.69, 9.17) is 4.74 Å². The molecule has 0 saturated heterocycles. The van der Waals surface area contributed by atoms with Gasteiger partial charge in [0.15, 0.2) is 11.5 Å². The minimum atomic E-state index is -2.96. The Balaban J connectivity index is 1.79. The first kappa shape index (κ1) is 21.7. The van der Waals surface area contributed by atoms with E-state index in [1.54, 1.807) is 42.2 Å². The number of alkyl halides is 2. The normalized spacial score (nSPS) is 14.7. The molecule has 1 aliphatic carbocycles. The van der Waals surface area contributed by atoms with Crippen LogP contribution in [0.15, 0.2) is 48.5 Å². The van der Waals surface area contributed by atoms with Gasteiger partial charge < -0.3 is 14.4 Å². The number of hydrogen-bond acceptors (Lipinski definition) is 3. The van der Waals surface area contributed by atoms with E-state index in [9.17, 15) is 18.0 Å². The maximum absolute atomic E-state index is 14.2. The van der Waals surface area contributed by atoms with E-state index in [-0.39, 0.29) is 35.9 Å². The smallest absolute Gasteiger partial charge is 0.387 e. The van der Waals surface area contributed by atoms with Crippen molar-refractivity contribution in [3.8, 4) is 11.5 Å². The topological polar surface area (TPSA) is 38.8 Å². The number of carbonyl (C=O) groups excluding carboxylic acids is 1. The highest BCUT2D eigenvalue weighted by atomic mass is 19.3. The molecule has 1 amide bonds. The highest BCUT2D eigenvalue weighted by Gasteiger charge is 2.36. The molecule has 1 atom stereocenters. The number of ether oxygens (including phenoxy) is 2. The van der Waals surface area contributed by atoms with Crippen LogP contribution in [0, 0.1) is 5.82 Å². The number of benzene rings is 2. The van der Waals surface area contributed by atoms with Crippen molar-refractivity contribution in [2.45, 2.75) is 45.4 Å². The van der Waals surface area contributed by atoms with Crippen LogP contribution in [0.3, 0.4) is 0 Å². The first-order valence-electron chi connectivity index (χ1n) is 9.87. The Labute approximate surface area is 173 Å². The predicted molar refractivity (Wildman–Crippen MR) is 108 cm³/mol. The van der Waals surface area contributed by atoms with E-state index >= 15 is 0 Å². The Morgan fingerprint density at radius 2 is 1.93 bits per heavy atom. The Morgan fingerprint density at radius 1 is 1.20 bits per heavy atom. The molecule has 1 unspecified atom stereocenters. The lowest BCUT2D eigenvalue weighted by molar-refractivity contribution is -0.128. The third kappa shape index (κ3) is 5.34. The van der Waals surface area contributed by atoms with Gasteiger partial charge in [0.05, 0.1) is 12.6 Å². The molecule has 0 spiro atoms. The van der Waals surface area contributed by atoms with Crippen LogP contribution in [0.2, 0.25) is 0 Å². The molecule has 3 rings (SSSR count). The summed E-state index contributed by atoms with van der Waals surface area (Å²) in [5, 5.41) is 0. The summed E-state index contributed by atoms with van der Waals surface area (Å²) >= 11 is 0. The Hall–Kier alpha value is -2.96. The lowest BCUT2D eigenvalue weighted by Gasteiger charge is -2.29. The van der Waals surface area contributed by atoms with Crippen molar-refractivity contribution in [2.24, 2.45) is 0 Å². The molecule has 160 valence electrons.